The predicted molar refractivity (Wildman–Crippen MR) is 103 cm³/mol. The molecule has 0 bridgehead atoms. The Bertz CT molecular complexity index is 702. The molecule has 3 heteroatoms. The van der Waals surface area contributed by atoms with Crippen LogP contribution in [0.4, 0.5) is 11.4 Å². The summed E-state index contributed by atoms with van der Waals surface area (Å²) in [5.74, 6) is 0.215. The summed E-state index contributed by atoms with van der Waals surface area (Å²) in [4.78, 5) is 7.64. The van der Waals surface area contributed by atoms with Crippen molar-refractivity contribution in [3.63, 3.8) is 0 Å². The van der Waals surface area contributed by atoms with Crippen molar-refractivity contribution in [2.75, 3.05) is 38.0 Å². The Kier molecular flexibility index (Phi) is 4.61. The molecule has 0 atom stereocenters. The second-order valence-electron chi connectivity index (χ2n) is 6.53. The number of hydrogen-bond donors (Lipinski definition) is 1. The van der Waals surface area contributed by atoms with Gasteiger partial charge < -0.3 is 14.8 Å². The second-order valence-corrected chi connectivity index (χ2v) is 6.53. The number of H-pyrrole nitrogens is 1. The highest BCUT2D eigenvalue weighted by atomic mass is 15.1. The highest BCUT2D eigenvalue weighted by Gasteiger charge is 2.17. The molecule has 0 saturated heterocycles. The average molecular weight is 319 g/mol. The first-order valence-electron chi connectivity index (χ1n) is 8.24. The third-order valence-electron chi connectivity index (χ3n) is 4.42. The smallest absolute Gasteiger partial charge is 0.0490 e. The van der Waals surface area contributed by atoms with E-state index in [9.17, 15) is 0 Å². The van der Waals surface area contributed by atoms with E-state index in [0.29, 0.717) is 0 Å². The van der Waals surface area contributed by atoms with E-state index >= 15 is 0 Å². The molecule has 24 heavy (non-hydrogen) atoms. The molecule has 0 aliphatic rings. The van der Waals surface area contributed by atoms with Gasteiger partial charge in [-0.25, -0.2) is 0 Å². The first-order chi connectivity index (χ1) is 11.6. The van der Waals surface area contributed by atoms with Gasteiger partial charge in [0.1, 0.15) is 0 Å². The number of aromatic amines is 1. The van der Waals surface area contributed by atoms with E-state index in [1.807, 2.05) is 6.20 Å². The zero-order valence-corrected chi connectivity index (χ0v) is 14.8. The summed E-state index contributed by atoms with van der Waals surface area (Å²) in [6.45, 7) is 0. The van der Waals surface area contributed by atoms with E-state index < -0.39 is 0 Å². The molecular formula is C21H25N3. The molecule has 3 aromatic rings. The zero-order chi connectivity index (χ0) is 17.1. The molecular weight excluding hydrogens is 294 g/mol. The highest BCUT2D eigenvalue weighted by molar-refractivity contribution is 5.52. The second kappa shape index (κ2) is 6.83. The lowest BCUT2D eigenvalue weighted by atomic mass is 9.88. The van der Waals surface area contributed by atoms with Gasteiger partial charge in [-0.3, -0.25) is 0 Å². The summed E-state index contributed by atoms with van der Waals surface area (Å²) in [6.07, 6.45) is 1.99. The van der Waals surface area contributed by atoms with Crippen molar-refractivity contribution in [3.05, 3.63) is 83.7 Å². The maximum Gasteiger partial charge on any atom is 0.0490 e. The molecule has 0 spiro atoms. The van der Waals surface area contributed by atoms with Crippen molar-refractivity contribution < 1.29 is 0 Å². The summed E-state index contributed by atoms with van der Waals surface area (Å²) in [5.41, 5.74) is 6.23. The molecule has 0 aliphatic carbocycles. The van der Waals surface area contributed by atoms with E-state index in [4.69, 9.17) is 0 Å². The predicted octanol–water partition coefficient (Wildman–Crippen LogP) is 4.33. The van der Waals surface area contributed by atoms with Crippen LogP contribution in [0.3, 0.4) is 0 Å². The molecule has 1 N–H and O–H groups in total. The van der Waals surface area contributed by atoms with Gasteiger partial charge in [0.05, 0.1) is 0 Å². The molecule has 3 rings (SSSR count). The Labute approximate surface area is 144 Å². The number of rotatable bonds is 5. The average Bonchev–Trinajstić information content (AvgIpc) is 3.10. The van der Waals surface area contributed by atoms with Crippen molar-refractivity contribution in [1.29, 1.82) is 0 Å². The van der Waals surface area contributed by atoms with E-state index in [1.54, 1.807) is 0 Å². The molecule has 0 unspecified atom stereocenters. The van der Waals surface area contributed by atoms with Crippen molar-refractivity contribution in [2.24, 2.45) is 0 Å². The molecule has 0 radical (unpaired) electrons. The van der Waals surface area contributed by atoms with Crippen LogP contribution in [0, 0.1) is 0 Å². The number of anilines is 2. The van der Waals surface area contributed by atoms with Gasteiger partial charge >= 0.3 is 0 Å². The van der Waals surface area contributed by atoms with Crippen LogP contribution in [0.5, 0.6) is 0 Å². The largest absolute Gasteiger partial charge is 0.378 e. The van der Waals surface area contributed by atoms with E-state index in [-0.39, 0.29) is 5.92 Å². The minimum Gasteiger partial charge on any atom is -0.378 e. The van der Waals surface area contributed by atoms with Crippen LogP contribution in [0.25, 0.3) is 0 Å². The fourth-order valence-corrected chi connectivity index (χ4v) is 3.01. The number of hydrogen-bond acceptors (Lipinski definition) is 2. The molecule has 1 aromatic heterocycles. The van der Waals surface area contributed by atoms with E-state index in [2.05, 4.69) is 104 Å². The third-order valence-corrected chi connectivity index (χ3v) is 4.42. The Morgan fingerprint density at radius 2 is 1.12 bits per heavy atom. The van der Waals surface area contributed by atoms with Crippen molar-refractivity contribution in [3.8, 4) is 0 Å². The summed E-state index contributed by atoms with van der Waals surface area (Å²) in [7, 11) is 8.27. The standard InChI is InChI=1S/C21H25N3/c1-23(2)18-11-7-16(8-12-18)21(20-6-5-15-22-20)17-9-13-19(14-10-17)24(3)4/h5-15,21-22H,1-4H3. The third kappa shape index (κ3) is 3.30. The lowest BCUT2D eigenvalue weighted by molar-refractivity contribution is 0.931. The number of nitrogens with zero attached hydrogens (tertiary/aromatic N) is 2. The van der Waals surface area contributed by atoms with Crippen molar-refractivity contribution >= 4 is 11.4 Å². The fraction of sp³-hybridized carbons (Fsp3) is 0.238. The van der Waals surface area contributed by atoms with Gasteiger partial charge in [-0.05, 0) is 47.5 Å². The van der Waals surface area contributed by atoms with Crippen LogP contribution in [0.15, 0.2) is 66.9 Å². The summed E-state index contributed by atoms with van der Waals surface area (Å²) in [6, 6.07) is 21.8. The Morgan fingerprint density at radius 1 is 0.667 bits per heavy atom. The first kappa shape index (κ1) is 16.2. The Balaban J connectivity index is 2.01. The molecule has 124 valence electrons. The van der Waals surface area contributed by atoms with Crippen LogP contribution in [0.2, 0.25) is 0 Å². The lowest BCUT2D eigenvalue weighted by Gasteiger charge is -2.20. The van der Waals surface area contributed by atoms with Gasteiger partial charge in [0, 0.05) is 57.4 Å². The number of benzene rings is 2. The molecule has 0 fully saturated rings. The Hall–Kier alpha value is -2.68. The highest BCUT2D eigenvalue weighted by Crippen LogP contribution is 2.32. The van der Waals surface area contributed by atoms with Gasteiger partial charge in [0.25, 0.3) is 0 Å². The normalized spacial score (nSPS) is 10.9. The monoisotopic (exact) mass is 319 g/mol. The van der Waals surface area contributed by atoms with Crippen LogP contribution < -0.4 is 9.80 Å². The van der Waals surface area contributed by atoms with Gasteiger partial charge in [-0.2, -0.15) is 0 Å². The molecule has 2 aromatic carbocycles. The molecule has 0 saturated carbocycles. The molecule has 3 nitrogen and oxygen atoms in total. The fourth-order valence-electron chi connectivity index (χ4n) is 3.01. The van der Waals surface area contributed by atoms with Gasteiger partial charge in [0.2, 0.25) is 0 Å². The van der Waals surface area contributed by atoms with Gasteiger partial charge in [0.15, 0.2) is 0 Å². The Morgan fingerprint density at radius 3 is 1.46 bits per heavy atom. The van der Waals surface area contributed by atoms with E-state index in [1.165, 1.54) is 28.2 Å². The van der Waals surface area contributed by atoms with Crippen LogP contribution in [0.1, 0.15) is 22.7 Å². The summed E-state index contributed by atoms with van der Waals surface area (Å²) in [5, 5.41) is 0. The zero-order valence-electron chi connectivity index (χ0n) is 14.8. The SMILES string of the molecule is CN(C)c1ccc(C(c2ccc(N(C)C)cc2)c2ccc[nH]2)cc1. The lowest BCUT2D eigenvalue weighted by Crippen LogP contribution is -2.10. The van der Waals surface area contributed by atoms with Gasteiger partial charge in [-0.1, -0.05) is 24.3 Å². The maximum absolute atomic E-state index is 3.39. The molecule has 0 amide bonds. The maximum atomic E-state index is 3.39. The topological polar surface area (TPSA) is 22.3 Å². The van der Waals surface area contributed by atoms with Crippen LogP contribution in [-0.2, 0) is 0 Å². The van der Waals surface area contributed by atoms with Gasteiger partial charge in [-0.15, -0.1) is 0 Å². The van der Waals surface area contributed by atoms with Crippen molar-refractivity contribution in [2.45, 2.75) is 5.92 Å². The summed E-state index contributed by atoms with van der Waals surface area (Å²) >= 11 is 0. The molecule has 0 aliphatic heterocycles. The number of aromatic nitrogens is 1. The molecule has 1 heterocycles. The van der Waals surface area contributed by atoms with Crippen LogP contribution >= 0.6 is 0 Å². The quantitative estimate of drug-likeness (QED) is 0.756. The summed E-state index contributed by atoms with van der Waals surface area (Å²) < 4.78 is 0. The minimum atomic E-state index is 0.215. The number of nitrogens with one attached hydrogen (secondary N) is 1. The van der Waals surface area contributed by atoms with Crippen LogP contribution in [-0.4, -0.2) is 33.2 Å². The minimum absolute atomic E-state index is 0.215. The first-order valence-corrected chi connectivity index (χ1v) is 8.24. The van der Waals surface area contributed by atoms with E-state index in [0.717, 1.165) is 0 Å². The van der Waals surface area contributed by atoms with Crippen molar-refractivity contribution in [1.82, 2.24) is 4.98 Å².